The number of nitrogen functional groups attached to an aromatic ring is 1. The monoisotopic (exact) mass is 319 g/mol. The lowest BCUT2D eigenvalue weighted by atomic mass is 9.96. The van der Waals surface area contributed by atoms with Crippen LogP contribution in [0.3, 0.4) is 0 Å². The Hall–Kier alpha value is -2.02. The first-order valence-electron chi connectivity index (χ1n) is 6.97. The van der Waals surface area contributed by atoms with E-state index < -0.39 is 0 Å². The van der Waals surface area contributed by atoms with Crippen molar-refractivity contribution in [2.75, 3.05) is 16.9 Å². The summed E-state index contributed by atoms with van der Waals surface area (Å²) in [5.74, 6) is 6.80. The lowest BCUT2D eigenvalue weighted by Gasteiger charge is -2.16. The highest BCUT2D eigenvalue weighted by atomic mass is 32.2. The second-order valence-corrected chi connectivity index (χ2v) is 7.07. The Morgan fingerprint density at radius 3 is 2.45 bits per heavy atom. The molecule has 1 aromatic heterocycles. The molecule has 0 atom stereocenters. The maximum atomic E-state index is 12.0. The predicted octanol–water partition coefficient (Wildman–Crippen LogP) is 2.33. The number of hydrogen-bond donors (Lipinski definition) is 2. The van der Waals surface area contributed by atoms with Gasteiger partial charge in [-0.25, -0.2) is 4.68 Å². The predicted molar refractivity (Wildman–Crippen MR) is 89.4 cm³/mol. The molecule has 2 aromatic rings. The lowest BCUT2D eigenvalue weighted by Crippen LogP contribution is -2.24. The fourth-order valence-corrected chi connectivity index (χ4v) is 2.51. The van der Waals surface area contributed by atoms with Gasteiger partial charge in [0.1, 0.15) is 0 Å². The van der Waals surface area contributed by atoms with Gasteiger partial charge in [-0.3, -0.25) is 4.79 Å². The number of anilines is 1. The minimum Gasteiger partial charge on any atom is -0.336 e. The topological polar surface area (TPSA) is 85.8 Å². The Morgan fingerprint density at radius 2 is 1.91 bits per heavy atom. The van der Waals surface area contributed by atoms with E-state index in [1.165, 1.54) is 16.4 Å². The van der Waals surface area contributed by atoms with E-state index in [4.69, 9.17) is 5.84 Å². The van der Waals surface area contributed by atoms with E-state index in [1.807, 2.05) is 52.0 Å². The van der Waals surface area contributed by atoms with Crippen molar-refractivity contribution in [3.05, 3.63) is 35.7 Å². The van der Waals surface area contributed by atoms with Crippen LogP contribution < -0.4 is 11.2 Å². The summed E-state index contributed by atoms with van der Waals surface area (Å²) >= 11 is 1.27. The van der Waals surface area contributed by atoms with E-state index in [0.29, 0.717) is 11.0 Å². The normalized spacial score (nSPS) is 11.5. The first-order chi connectivity index (χ1) is 10.3. The van der Waals surface area contributed by atoms with Gasteiger partial charge in [-0.1, -0.05) is 50.2 Å². The molecule has 0 saturated carbocycles. The summed E-state index contributed by atoms with van der Waals surface area (Å²) in [7, 11) is 0. The molecule has 7 heteroatoms. The zero-order chi connectivity index (χ0) is 16.3. The van der Waals surface area contributed by atoms with Gasteiger partial charge in [-0.15, -0.1) is 10.2 Å². The van der Waals surface area contributed by atoms with Crippen molar-refractivity contribution in [1.29, 1.82) is 0 Å². The molecule has 0 unspecified atom stereocenters. The van der Waals surface area contributed by atoms with E-state index in [-0.39, 0.29) is 17.1 Å². The lowest BCUT2D eigenvalue weighted by molar-refractivity contribution is -0.113. The third kappa shape index (κ3) is 4.00. The number of nitrogens with zero attached hydrogens (tertiary/aromatic N) is 3. The third-order valence-electron chi connectivity index (χ3n) is 3.00. The number of carbonyl (C=O) groups excluding carboxylic acids is 1. The summed E-state index contributed by atoms with van der Waals surface area (Å²) in [5, 5.41) is 11.5. The van der Waals surface area contributed by atoms with E-state index in [9.17, 15) is 4.79 Å². The Kier molecular flexibility index (Phi) is 4.75. The van der Waals surface area contributed by atoms with Crippen LogP contribution in [0.5, 0.6) is 0 Å². The standard InChI is InChI=1S/C15H21N5OS/c1-10-5-7-11(8-6-10)17-12(21)9-22-14-19-18-13(20(14)16)15(2,3)4/h5-8H,9,16H2,1-4H3,(H,17,21). The van der Waals surface area contributed by atoms with Crippen LogP contribution in [-0.2, 0) is 10.2 Å². The first kappa shape index (κ1) is 16.4. The van der Waals surface area contributed by atoms with Gasteiger partial charge in [-0.2, -0.15) is 0 Å². The van der Waals surface area contributed by atoms with Crippen molar-refractivity contribution in [2.24, 2.45) is 0 Å². The Bertz CT molecular complexity index is 658. The number of carbonyl (C=O) groups is 1. The molecule has 22 heavy (non-hydrogen) atoms. The number of amides is 1. The largest absolute Gasteiger partial charge is 0.336 e. The smallest absolute Gasteiger partial charge is 0.234 e. The van der Waals surface area contributed by atoms with Gasteiger partial charge < -0.3 is 11.2 Å². The summed E-state index contributed by atoms with van der Waals surface area (Å²) in [6.45, 7) is 8.04. The number of rotatable bonds is 4. The summed E-state index contributed by atoms with van der Waals surface area (Å²) < 4.78 is 1.45. The molecule has 0 aliphatic heterocycles. The molecule has 0 aliphatic carbocycles. The van der Waals surface area contributed by atoms with Crippen molar-refractivity contribution in [2.45, 2.75) is 38.3 Å². The molecule has 3 N–H and O–H groups in total. The molecule has 1 aromatic carbocycles. The van der Waals surface area contributed by atoms with Gasteiger partial charge in [0.15, 0.2) is 5.82 Å². The number of benzene rings is 1. The molecule has 2 rings (SSSR count). The van der Waals surface area contributed by atoms with E-state index in [1.54, 1.807) is 0 Å². The number of hydrogen-bond acceptors (Lipinski definition) is 5. The van der Waals surface area contributed by atoms with Crippen LogP contribution in [-0.4, -0.2) is 26.5 Å². The van der Waals surface area contributed by atoms with Gasteiger partial charge in [0, 0.05) is 11.1 Å². The molecule has 0 bridgehead atoms. The zero-order valence-electron chi connectivity index (χ0n) is 13.3. The van der Waals surface area contributed by atoms with Gasteiger partial charge in [-0.05, 0) is 19.1 Å². The summed E-state index contributed by atoms with van der Waals surface area (Å²) in [6.07, 6.45) is 0. The quantitative estimate of drug-likeness (QED) is 0.667. The maximum Gasteiger partial charge on any atom is 0.234 e. The summed E-state index contributed by atoms with van der Waals surface area (Å²) in [6, 6.07) is 7.66. The van der Waals surface area contributed by atoms with Crippen molar-refractivity contribution in [1.82, 2.24) is 14.9 Å². The Labute approximate surface area is 134 Å². The molecule has 0 spiro atoms. The van der Waals surface area contributed by atoms with Gasteiger partial charge >= 0.3 is 0 Å². The minimum atomic E-state index is -0.190. The Balaban J connectivity index is 1.94. The zero-order valence-corrected chi connectivity index (χ0v) is 14.1. The van der Waals surface area contributed by atoms with E-state index in [2.05, 4.69) is 15.5 Å². The summed E-state index contributed by atoms with van der Waals surface area (Å²) in [5.41, 5.74) is 1.74. The molecule has 6 nitrogen and oxygen atoms in total. The third-order valence-corrected chi connectivity index (χ3v) is 3.95. The molecule has 0 saturated heterocycles. The SMILES string of the molecule is Cc1ccc(NC(=O)CSc2nnc(C(C)(C)C)n2N)cc1. The average Bonchev–Trinajstić information content (AvgIpc) is 2.80. The number of nitrogens with one attached hydrogen (secondary N) is 1. The first-order valence-corrected chi connectivity index (χ1v) is 7.96. The van der Waals surface area contributed by atoms with Crippen LogP contribution in [0, 0.1) is 6.92 Å². The number of nitrogens with two attached hydrogens (primary N) is 1. The van der Waals surface area contributed by atoms with Crippen molar-refractivity contribution in [3.8, 4) is 0 Å². The second kappa shape index (κ2) is 6.39. The van der Waals surface area contributed by atoms with Gasteiger partial charge in [0.25, 0.3) is 0 Å². The highest BCUT2D eigenvalue weighted by molar-refractivity contribution is 7.99. The molecule has 1 amide bonds. The van der Waals surface area contributed by atoms with Crippen LogP contribution in [0.1, 0.15) is 32.2 Å². The molecule has 0 aliphatic rings. The molecule has 118 valence electrons. The van der Waals surface area contributed by atoms with Crippen molar-refractivity contribution >= 4 is 23.4 Å². The van der Waals surface area contributed by atoms with Crippen LogP contribution in [0.2, 0.25) is 0 Å². The van der Waals surface area contributed by atoms with Crippen LogP contribution in [0.4, 0.5) is 5.69 Å². The highest BCUT2D eigenvalue weighted by Crippen LogP contribution is 2.23. The number of thioether (sulfide) groups is 1. The Morgan fingerprint density at radius 1 is 1.27 bits per heavy atom. The molecule has 1 heterocycles. The number of aromatic nitrogens is 3. The van der Waals surface area contributed by atoms with E-state index in [0.717, 1.165) is 11.3 Å². The van der Waals surface area contributed by atoms with Crippen LogP contribution >= 0.6 is 11.8 Å². The van der Waals surface area contributed by atoms with E-state index >= 15 is 0 Å². The van der Waals surface area contributed by atoms with Crippen molar-refractivity contribution < 1.29 is 4.79 Å². The summed E-state index contributed by atoms with van der Waals surface area (Å²) in [4.78, 5) is 12.0. The molecule has 0 fully saturated rings. The van der Waals surface area contributed by atoms with Crippen LogP contribution in [0.25, 0.3) is 0 Å². The van der Waals surface area contributed by atoms with Gasteiger partial charge in [0.05, 0.1) is 5.75 Å². The maximum absolute atomic E-state index is 12.0. The van der Waals surface area contributed by atoms with Crippen molar-refractivity contribution in [3.63, 3.8) is 0 Å². The fraction of sp³-hybridized carbons (Fsp3) is 0.400. The fourth-order valence-electron chi connectivity index (χ4n) is 1.85. The highest BCUT2D eigenvalue weighted by Gasteiger charge is 2.23. The van der Waals surface area contributed by atoms with Gasteiger partial charge in [0.2, 0.25) is 11.1 Å². The second-order valence-electron chi connectivity index (χ2n) is 6.13. The number of aryl methyl sites for hydroxylation is 1. The minimum absolute atomic E-state index is 0.103. The molecular formula is C15H21N5OS. The average molecular weight is 319 g/mol. The van der Waals surface area contributed by atoms with Crippen LogP contribution in [0.15, 0.2) is 29.4 Å². The molecule has 0 radical (unpaired) electrons. The molecular weight excluding hydrogens is 298 g/mol.